The summed E-state index contributed by atoms with van der Waals surface area (Å²) in [6.07, 6.45) is 4.22. The lowest BCUT2D eigenvalue weighted by atomic mass is 9.90. The number of aryl methyl sites for hydroxylation is 1. The van der Waals surface area contributed by atoms with Crippen LogP contribution in [0.4, 0.5) is 11.4 Å². The second-order valence-electron chi connectivity index (χ2n) is 6.29. The third-order valence-electron chi connectivity index (χ3n) is 4.46. The fourth-order valence-electron chi connectivity index (χ4n) is 3.06. The summed E-state index contributed by atoms with van der Waals surface area (Å²) in [7, 11) is 1.87. The van der Waals surface area contributed by atoms with Gasteiger partial charge in [0.05, 0.1) is 12.1 Å². The molecule has 0 radical (unpaired) electrons. The van der Waals surface area contributed by atoms with E-state index in [4.69, 9.17) is 0 Å². The van der Waals surface area contributed by atoms with Crippen molar-refractivity contribution in [3.05, 3.63) is 42.2 Å². The van der Waals surface area contributed by atoms with E-state index in [0.29, 0.717) is 13.0 Å². The van der Waals surface area contributed by atoms with Gasteiger partial charge in [-0.2, -0.15) is 5.10 Å². The number of rotatable bonds is 5. The van der Waals surface area contributed by atoms with E-state index < -0.39 is 0 Å². The molecule has 2 amide bonds. The van der Waals surface area contributed by atoms with Crippen LogP contribution in [0.15, 0.2) is 36.7 Å². The van der Waals surface area contributed by atoms with E-state index in [-0.39, 0.29) is 23.7 Å². The van der Waals surface area contributed by atoms with Gasteiger partial charge in [0.25, 0.3) is 0 Å². The Labute approximate surface area is 146 Å². The summed E-state index contributed by atoms with van der Waals surface area (Å²) in [4.78, 5) is 24.1. The van der Waals surface area contributed by atoms with Crippen LogP contribution in [-0.4, -0.2) is 34.7 Å². The number of hydrogen-bond donors (Lipinski definition) is 3. The Bertz CT molecular complexity index is 753. The first-order valence-electron chi connectivity index (χ1n) is 8.47. The number of amides is 2. The highest BCUT2D eigenvalue weighted by atomic mass is 16.2. The van der Waals surface area contributed by atoms with Gasteiger partial charge in [-0.3, -0.25) is 14.3 Å². The van der Waals surface area contributed by atoms with Crippen molar-refractivity contribution in [1.29, 1.82) is 0 Å². The molecule has 1 aromatic carbocycles. The van der Waals surface area contributed by atoms with E-state index in [9.17, 15) is 9.59 Å². The molecule has 1 aromatic heterocycles. The van der Waals surface area contributed by atoms with Crippen LogP contribution in [0.5, 0.6) is 0 Å². The maximum atomic E-state index is 12.7. The highest BCUT2D eigenvalue weighted by Crippen LogP contribution is 2.29. The molecule has 0 bridgehead atoms. The van der Waals surface area contributed by atoms with E-state index in [0.717, 1.165) is 23.5 Å². The van der Waals surface area contributed by atoms with Gasteiger partial charge in [0.1, 0.15) is 0 Å². The Morgan fingerprint density at radius 3 is 2.48 bits per heavy atom. The number of carbonyl (C=O) groups excluding carboxylic acids is 2. The van der Waals surface area contributed by atoms with E-state index in [1.54, 1.807) is 35.9 Å². The van der Waals surface area contributed by atoms with Crippen LogP contribution in [0.3, 0.4) is 0 Å². The van der Waals surface area contributed by atoms with Crippen molar-refractivity contribution >= 4 is 23.2 Å². The zero-order chi connectivity index (χ0) is 17.8. The predicted octanol–water partition coefficient (Wildman–Crippen LogP) is 1.71. The number of nitrogens with zero attached hydrogens (tertiary/aromatic N) is 2. The van der Waals surface area contributed by atoms with Crippen molar-refractivity contribution in [2.45, 2.75) is 19.3 Å². The Kier molecular flexibility index (Phi) is 5.14. The van der Waals surface area contributed by atoms with E-state index in [1.807, 2.05) is 19.4 Å². The molecule has 3 N–H and O–H groups in total. The lowest BCUT2D eigenvalue weighted by molar-refractivity contribution is -0.119. The molecule has 132 valence electrons. The van der Waals surface area contributed by atoms with Gasteiger partial charge in [-0.25, -0.2) is 0 Å². The first-order valence-corrected chi connectivity index (χ1v) is 8.47. The molecule has 2 heterocycles. The van der Waals surface area contributed by atoms with Gasteiger partial charge >= 0.3 is 0 Å². The van der Waals surface area contributed by atoms with Crippen LogP contribution in [0, 0.1) is 5.92 Å². The molecule has 2 atom stereocenters. The molecule has 0 aliphatic carbocycles. The van der Waals surface area contributed by atoms with Gasteiger partial charge in [-0.05, 0) is 29.8 Å². The maximum absolute atomic E-state index is 12.7. The first kappa shape index (κ1) is 17.2. The Hall–Kier alpha value is -2.67. The largest absolute Gasteiger partial charge is 0.326 e. The van der Waals surface area contributed by atoms with Crippen molar-refractivity contribution in [2.24, 2.45) is 13.0 Å². The minimum Gasteiger partial charge on any atom is -0.326 e. The molecule has 1 aliphatic rings. The third kappa shape index (κ3) is 4.06. The van der Waals surface area contributed by atoms with Crippen LogP contribution >= 0.6 is 0 Å². The van der Waals surface area contributed by atoms with Crippen molar-refractivity contribution in [3.8, 4) is 0 Å². The maximum Gasteiger partial charge on any atom is 0.229 e. The topological polar surface area (TPSA) is 88.1 Å². The van der Waals surface area contributed by atoms with Crippen molar-refractivity contribution in [1.82, 2.24) is 15.1 Å². The summed E-state index contributed by atoms with van der Waals surface area (Å²) in [5.41, 5.74) is 2.52. The molecule has 0 saturated carbocycles. The zero-order valence-corrected chi connectivity index (χ0v) is 14.5. The Morgan fingerprint density at radius 1 is 1.20 bits per heavy atom. The molecule has 1 aliphatic heterocycles. The molecule has 7 heteroatoms. The number of benzene rings is 1. The van der Waals surface area contributed by atoms with Gasteiger partial charge in [0.15, 0.2) is 0 Å². The van der Waals surface area contributed by atoms with Crippen LogP contribution in [-0.2, 0) is 16.6 Å². The summed E-state index contributed by atoms with van der Waals surface area (Å²) < 4.78 is 1.76. The summed E-state index contributed by atoms with van der Waals surface area (Å²) >= 11 is 0. The van der Waals surface area contributed by atoms with E-state index >= 15 is 0 Å². The summed E-state index contributed by atoms with van der Waals surface area (Å²) in [5, 5.41) is 13.2. The van der Waals surface area contributed by atoms with Gasteiger partial charge in [0, 0.05) is 50.0 Å². The van der Waals surface area contributed by atoms with E-state index in [2.05, 4.69) is 21.0 Å². The molecule has 25 heavy (non-hydrogen) atoms. The molecule has 1 saturated heterocycles. The van der Waals surface area contributed by atoms with Gasteiger partial charge in [-0.1, -0.05) is 6.92 Å². The van der Waals surface area contributed by atoms with Crippen LogP contribution < -0.4 is 16.0 Å². The number of hydrogen-bond acceptors (Lipinski definition) is 4. The second kappa shape index (κ2) is 7.48. The molecule has 2 aromatic rings. The Morgan fingerprint density at radius 2 is 1.88 bits per heavy atom. The molecule has 1 fully saturated rings. The minimum atomic E-state index is -0.135. The normalized spacial score (nSPS) is 19.6. The highest BCUT2D eigenvalue weighted by Gasteiger charge is 2.34. The predicted molar refractivity (Wildman–Crippen MR) is 96.3 cm³/mol. The average molecular weight is 341 g/mol. The molecule has 3 rings (SSSR count). The Balaban J connectivity index is 1.64. The highest BCUT2D eigenvalue weighted by molar-refractivity contribution is 5.94. The summed E-state index contributed by atoms with van der Waals surface area (Å²) in [6.45, 7) is 3.22. The molecule has 0 unspecified atom stereocenters. The molecule has 7 nitrogen and oxygen atoms in total. The van der Waals surface area contributed by atoms with Crippen LogP contribution in [0.2, 0.25) is 0 Å². The van der Waals surface area contributed by atoms with Gasteiger partial charge < -0.3 is 16.0 Å². The van der Waals surface area contributed by atoms with Crippen molar-refractivity contribution in [3.63, 3.8) is 0 Å². The number of anilines is 2. The van der Waals surface area contributed by atoms with E-state index in [1.165, 1.54) is 0 Å². The molecular formula is C18H23N5O2. The SMILES string of the molecule is CCC(=O)Nc1ccc(NC(=O)[C@H]2CNC[C@@H]2c2cnn(C)c2)cc1. The van der Waals surface area contributed by atoms with Crippen molar-refractivity contribution < 1.29 is 9.59 Å². The minimum absolute atomic E-state index is 0.0100. The van der Waals surface area contributed by atoms with Crippen LogP contribution in [0.1, 0.15) is 24.8 Å². The number of nitrogens with one attached hydrogen (secondary N) is 3. The lowest BCUT2D eigenvalue weighted by Gasteiger charge is -2.17. The summed E-state index contributed by atoms with van der Waals surface area (Å²) in [5.74, 6) is -0.0576. The monoisotopic (exact) mass is 341 g/mol. The van der Waals surface area contributed by atoms with Gasteiger partial charge in [0.2, 0.25) is 11.8 Å². The van der Waals surface area contributed by atoms with Gasteiger partial charge in [-0.15, -0.1) is 0 Å². The zero-order valence-electron chi connectivity index (χ0n) is 14.5. The third-order valence-corrected chi connectivity index (χ3v) is 4.46. The smallest absolute Gasteiger partial charge is 0.229 e. The fourth-order valence-corrected chi connectivity index (χ4v) is 3.06. The molecule has 0 spiro atoms. The van der Waals surface area contributed by atoms with Crippen LogP contribution in [0.25, 0.3) is 0 Å². The average Bonchev–Trinajstić information content (AvgIpc) is 3.25. The summed E-state index contributed by atoms with van der Waals surface area (Å²) in [6, 6.07) is 7.17. The first-order chi connectivity index (χ1) is 12.1. The fraction of sp³-hybridized carbons (Fsp3) is 0.389. The second-order valence-corrected chi connectivity index (χ2v) is 6.29. The number of carbonyl (C=O) groups is 2. The molecular weight excluding hydrogens is 318 g/mol. The quantitative estimate of drug-likeness (QED) is 0.772. The lowest BCUT2D eigenvalue weighted by Crippen LogP contribution is -2.28. The standard InChI is InChI=1S/C18H23N5O2/c1-3-17(24)21-13-4-6-14(7-5-13)22-18(25)16-10-19-9-15(16)12-8-20-23(2)11-12/h4-8,11,15-16,19H,3,9-10H2,1-2H3,(H,21,24)(H,22,25)/t15-,16+/m1/s1. The number of aromatic nitrogens is 2. The van der Waals surface area contributed by atoms with Crippen molar-refractivity contribution in [2.75, 3.05) is 23.7 Å².